The van der Waals surface area contributed by atoms with Crippen LogP contribution in [0.25, 0.3) is 5.69 Å². The average molecular weight is 485 g/mol. The molecule has 1 fully saturated rings. The fraction of sp³-hybridized carbons (Fsp3) is 0.286. The van der Waals surface area contributed by atoms with Crippen molar-refractivity contribution in [3.63, 3.8) is 0 Å². The first-order valence-electron chi connectivity index (χ1n) is 12.2. The molecule has 1 aromatic carbocycles. The molecule has 4 N–H and O–H groups in total. The maximum atomic E-state index is 12.2. The molecule has 0 spiro atoms. The summed E-state index contributed by atoms with van der Waals surface area (Å²) in [7, 11) is 0. The first-order chi connectivity index (χ1) is 17.4. The van der Waals surface area contributed by atoms with E-state index in [1.807, 2.05) is 28.8 Å². The van der Waals surface area contributed by atoms with Gasteiger partial charge in [-0.25, -0.2) is 4.98 Å². The second-order valence-corrected chi connectivity index (χ2v) is 9.00. The Morgan fingerprint density at radius 1 is 1.25 bits per heavy atom. The highest BCUT2D eigenvalue weighted by atomic mass is 16.2. The molecule has 8 nitrogen and oxygen atoms in total. The highest BCUT2D eigenvalue weighted by molar-refractivity contribution is 6.17. The fourth-order valence-electron chi connectivity index (χ4n) is 4.60. The van der Waals surface area contributed by atoms with E-state index in [2.05, 4.69) is 23.8 Å². The number of nitrogens with one attached hydrogen (secondary N) is 2. The lowest BCUT2D eigenvalue weighted by Gasteiger charge is -2.34. The molecule has 36 heavy (non-hydrogen) atoms. The Morgan fingerprint density at radius 3 is 2.64 bits per heavy atom. The van der Waals surface area contributed by atoms with Gasteiger partial charge < -0.3 is 20.5 Å². The number of hydrogen-bond donors (Lipinski definition) is 3. The van der Waals surface area contributed by atoms with E-state index in [-0.39, 0.29) is 23.1 Å². The molecule has 0 bridgehead atoms. The lowest BCUT2D eigenvalue weighted by Crippen LogP contribution is -2.44. The van der Waals surface area contributed by atoms with Gasteiger partial charge in [0.1, 0.15) is 5.82 Å². The summed E-state index contributed by atoms with van der Waals surface area (Å²) in [6, 6.07) is 10.6. The van der Waals surface area contributed by atoms with Crippen LogP contribution in [0.1, 0.15) is 42.9 Å². The number of benzene rings is 1. The number of carbonyl (C=O) groups excluding carboxylic acids is 1. The minimum Gasteiger partial charge on any atom is -0.383 e. The van der Waals surface area contributed by atoms with Crippen LogP contribution in [-0.4, -0.2) is 45.2 Å². The molecule has 0 radical (unpaired) electrons. The van der Waals surface area contributed by atoms with Crippen LogP contribution in [0, 0.1) is 5.41 Å². The van der Waals surface area contributed by atoms with Crippen molar-refractivity contribution in [2.45, 2.75) is 38.6 Å². The van der Waals surface area contributed by atoms with Crippen molar-refractivity contribution in [3.05, 3.63) is 94.6 Å². The number of aromatic nitrogens is 2. The molecular weight excluding hydrogens is 452 g/mol. The maximum absolute atomic E-state index is 12.2. The Bertz CT molecular complexity index is 1310. The van der Waals surface area contributed by atoms with Gasteiger partial charge in [-0.1, -0.05) is 32.1 Å². The third-order valence-corrected chi connectivity index (χ3v) is 6.47. The molecule has 1 amide bonds. The molecule has 1 aliphatic rings. The number of hydrogen-bond acceptors (Lipinski definition) is 6. The molecule has 0 saturated carbocycles. The van der Waals surface area contributed by atoms with Gasteiger partial charge in [0.05, 0.1) is 17.0 Å². The maximum Gasteiger partial charge on any atom is 0.246 e. The highest BCUT2D eigenvalue weighted by Gasteiger charge is 2.25. The molecule has 4 rings (SSSR count). The number of nitrogens with zero attached hydrogens (tertiary/aromatic N) is 3. The zero-order valence-electron chi connectivity index (χ0n) is 20.5. The summed E-state index contributed by atoms with van der Waals surface area (Å²) < 4.78 is 1.85. The minimum atomic E-state index is -0.0691. The summed E-state index contributed by atoms with van der Waals surface area (Å²) >= 11 is 0. The summed E-state index contributed by atoms with van der Waals surface area (Å²) in [4.78, 5) is 29.8. The summed E-state index contributed by atoms with van der Waals surface area (Å²) in [5.41, 5.74) is 10.6. The molecule has 8 heteroatoms. The van der Waals surface area contributed by atoms with Crippen molar-refractivity contribution in [1.82, 2.24) is 14.5 Å². The second kappa shape index (κ2) is 11.0. The topological polar surface area (TPSA) is 117 Å². The van der Waals surface area contributed by atoms with Gasteiger partial charge in [-0.2, -0.15) is 0 Å². The zero-order chi connectivity index (χ0) is 25.7. The van der Waals surface area contributed by atoms with E-state index in [9.17, 15) is 9.59 Å². The fourth-order valence-corrected chi connectivity index (χ4v) is 4.60. The lowest BCUT2D eigenvalue weighted by molar-refractivity contribution is -0.127. The Labute approximate surface area is 211 Å². The molecule has 1 saturated heterocycles. The van der Waals surface area contributed by atoms with Crippen LogP contribution in [0.4, 0.5) is 11.5 Å². The zero-order valence-corrected chi connectivity index (χ0v) is 20.5. The Kier molecular flexibility index (Phi) is 7.63. The quantitative estimate of drug-likeness (QED) is 0.332. The van der Waals surface area contributed by atoms with Crippen LogP contribution in [-0.2, 0) is 11.2 Å². The van der Waals surface area contributed by atoms with Gasteiger partial charge in [0.15, 0.2) is 5.43 Å². The van der Waals surface area contributed by atoms with Gasteiger partial charge in [0.25, 0.3) is 0 Å². The SMILES string of the molecule is C=CC(=O)N1CCCC(Nc2c(CCC)cnc(N)c2C(=N)c2ccc(-n3ccc(=O)cc3)cc2)C1. The Hall–Kier alpha value is -4.20. The van der Waals surface area contributed by atoms with Crippen LogP contribution in [0.2, 0.25) is 0 Å². The van der Waals surface area contributed by atoms with Gasteiger partial charge >= 0.3 is 0 Å². The minimum absolute atomic E-state index is 0.0365. The number of rotatable bonds is 8. The van der Waals surface area contributed by atoms with Crippen LogP contribution >= 0.6 is 0 Å². The van der Waals surface area contributed by atoms with Crippen LogP contribution in [0.5, 0.6) is 0 Å². The predicted octanol–water partition coefficient (Wildman–Crippen LogP) is 3.77. The molecule has 1 atom stereocenters. The van der Waals surface area contributed by atoms with E-state index in [0.717, 1.165) is 42.6 Å². The molecule has 1 aliphatic heterocycles. The highest BCUT2D eigenvalue weighted by Crippen LogP contribution is 2.31. The number of anilines is 2. The third kappa shape index (κ3) is 5.38. The van der Waals surface area contributed by atoms with Crippen molar-refractivity contribution < 1.29 is 4.79 Å². The second-order valence-electron chi connectivity index (χ2n) is 9.00. The van der Waals surface area contributed by atoms with E-state index in [1.165, 1.54) is 18.2 Å². The van der Waals surface area contributed by atoms with Gasteiger partial charge in [-0.15, -0.1) is 0 Å². The van der Waals surface area contributed by atoms with Crippen LogP contribution in [0.3, 0.4) is 0 Å². The van der Waals surface area contributed by atoms with E-state index in [4.69, 9.17) is 11.1 Å². The molecule has 0 aliphatic carbocycles. The lowest BCUT2D eigenvalue weighted by atomic mass is 9.96. The van der Waals surface area contributed by atoms with Crippen LogP contribution in [0.15, 0.2) is 72.4 Å². The van der Waals surface area contributed by atoms with E-state index in [1.54, 1.807) is 23.5 Å². The third-order valence-electron chi connectivity index (χ3n) is 6.47. The van der Waals surface area contributed by atoms with E-state index >= 15 is 0 Å². The van der Waals surface area contributed by atoms with Gasteiger partial charge in [-0.05, 0) is 43.0 Å². The average Bonchev–Trinajstić information content (AvgIpc) is 2.90. The first kappa shape index (κ1) is 24.9. The monoisotopic (exact) mass is 484 g/mol. The number of carbonyl (C=O) groups is 1. The predicted molar refractivity (Wildman–Crippen MR) is 144 cm³/mol. The summed E-state index contributed by atoms with van der Waals surface area (Å²) in [6.45, 7) is 7.00. The van der Waals surface area contributed by atoms with Crippen molar-refractivity contribution in [1.29, 1.82) is 5.41 Å². The number of aryl methyl sites for hydroxylation is 1. The van der Waals surface area contributed by atoms with E-state index < -0.39 is 0 Å². The molecular formula is C28H32N6O2. The molecule has 3 heterocycles. The van der Waals surface area contributed by atoms with Crippen molar-refractivity contribution in [2.75, 3.05) is 24.1 Å². The van der Waals surface area contributed by atoms with Crippen LogP contribution < -0.4 is 16.5 Å². The smallest absolute Gasteiger partial charge is 0.246 e. The van der Waals surface area contributed by atoms with Gasteiger partial charge in [0, 0.05) is 61.1 Å². The van der Waals surface area contributed by atoms with Gasteiger partial charge in [-0.3, -0.25) is 15.0 Å². The number of nitrogen functional groups attached to an aromatic ring is 1. The number of piperidine rings is 1. The van der Waals surface area contributed by atoms with Crippen molar-refractivity contribution in [3.8, 4) is 5.69 Å². The number of likely N-dealkylation sites (tertiary alicyclic amines) is 1. The summed E-state index contributed by atoms with van der Waals surface area (Å²) in [6.07, 6.45) is 10.1. The molecule has 3 aromatic rings. The molecule has 2 aromatic heterocycles. The molecule has 186 valence electrons. The number of nitrogens with two attached hydrogens (primary N) is 1. The van der Waals surface area contributed by atoms with E-state index in [0.29, 0.717) is 30.0 Å². The first-order valence-corrected chi connectivity index (χ1v) is 12.2. The van der Waals surface area contributed by atoms with Crippen molar-refractivity contribution in [2.24, 2.45) is 0 Å². The van der Waals surface area contributed by atoms with Crippen molar-refractivity contribution >= 4 is 23.1 Å². The summed E-state index contributed by atoms with van der Waals surface area (Å²) in [5, 5.41) is 12.7. The standard InChI is InChI=1S/C28H32N6O2/c1-3-6-20-17-31-28(30)25(27(20)32-21-7-5-14-34(18-21)24(36)4-2)26(29)19-8-10-22(11-9-19)33-15-12-23(35)13-16-33/h4,8-13,15-17,21,29H,2-3,5-7,14,18H2,1H3,(H3,30,31,32). The molecule has 1 unspecified atom stereocenters. The number of pyridine rings is 2. The summed E-state index contributed by atoms with van der Waals surface area (Å²) in [5.74, 6) is 0.224. The largest absolute Gasteiger partial charge is 0.383 e. The number of amides is 1. The van der Waals surface area contributed by atoms with Gasteiger partial charge in [0.2, 0.25) is 5.91 Å². The Morgan fingerprint density at radius 2 is 1.97 bits per heavy atom. The Balaban J connectivity index is 1.66. The normalized spacial score (nSPS) is 15.4.